The molecular formula is C20H28N6O2S. The number of rotatable bonds is 9. The molecule has 1 aromatic carbocycles. The van der Waals surface area contributed by atoms with Gasteiger partial charge in [-0.2, -0.15) is 0 Å². The number of fused-ring (bicyclic) bond motifs is 1. The van der Waals surface area contributed by atoms with Gasteiger partial charge in [0.1, 0.15) is 18.5 Å². The van der Waals surface area contributed by atoms with Crippen molar-refractivity contribution in [2.24, 2.45) is 12.0 Å². The first-order chi connectivity index (χ1) is 14.1. The zero-order valence-electron chi connectivity index (χ0n) is 17.1. The van der Waals surface area contributed by atoms with Crippen molar-refractivity contribution < 1.29 is 9.84 Å². The maximum atomic E-state index is 10.6. The Kier molecular flexibility index (Phi) is 7.56. The van der Waals surface area contributed by atoms with Crippen LogP contribution in [0.15, 0.2) is 35.3 Å². The van der Waals surface area contributed by atoms with Gasteiger partial charge in [-0.3, -0.25) is 0 Å². The van der Waals surface area contributed by atoms with Crippen LogP contribution in [-0.2, 0) is 18.3 Å². The average molecular weight is 417 g/mol. The SMILES string of the molecule is COCCCNC(=NCc1nnc(C)n1C)NCC(O)c1cc2ccccc2s1. The zero-order valence-corrected chi connectivity index (χ0v) is 17.9. The summed E-state index contributed by atoms with van der Waals surface area (Å²) >= 11 is 1.61. The summed E-state index contributed by atoms with van der Waals surface area (Å²) < 4.78 is 8.18. The van der Waals surface area contributed by atoms with Crippen molar-refractivity contribution in [2.75, 3.05) is 26.8 Å². The number of methoxy groups -OCH3 is 1. The molecule has 0 aliphatic heterocycles. The fourth-order valence-corrected chi connectivity index (χ4v) is 3.85. The number of benzene rings is 1. The summed E-state index contributed by atoms with van der Waals surface area (Å²) in [6.07, 6.45) is 0.245. The van der Waals surface area contributed by atoms with Crippen molar-refractivity contribution in [3.63, 3.8) is 0 Å². The minimum Gasteiger partial charge on any atom is -0.386 e. The first-order valence-corrected chi connectivity index (χ1v) is 10.4. The van der Waals surface area contributed by atoms with E-state index in [1.165, 1.54) is 4.70 Å². The second-order valence-corrected chi connectivity index (χ2v) is 7.86. The number of nitrogens with zero attached hydrogens (tertiary/aromatic N) is 4. The lowest BCUT2D eigenvalue weighted by atomic mass is 10.2. The van der Waals surface area contributed by atoms with E-state index in [0.717, 1.165) is 34.9 Å². The highest BCUT2D eigenvalue weighted by molar-refractivity contribution is 7.19. The number of hydrogen-bond donors (Lipinski definition) is 3. The third kappa shape index (κ3) is 5.75. The molecule has 3 rings (SSSR count). The minimum absolute atomic E-state index is 0.362. The van der Waals surface area contributed by atoms with Crippen molar-refractivity contribution in [1.82, 2.24) is 25.4 Å². The maximum absolute atomic E-state index is 10.6. The summed E-state index contributed by atoms with van der Waals surface area (Å²) in [5.41, 5.74) is 0. The molecule has 2 aromatic heterocycles. The quantitative estimate of drug-likeness (QED) is 0.281. The van der Waals surface area contributed by atoms with Gasteiger partial charge in [-0.25, -0.2) is 4.99 Å². The van der Waals surface area contributed by atoms with Crippen LogP contribution in [0.3, 0.4) is 0 Å². The van der Waals surface area contributed by atoms with Crippen LogP contribution < -0.4 is 10.6 Å². The molecule has 0 fully saturated rings. The van der Waals surface area contributed by atoms with Gasteiger partial charge in [-0.1, -0.05) is 18.2 Å². The molecule has 1 atom stereocenters. The number of nitrogens with one attached hydrogen (secondary N) is 2. The molecule has 1 unspecified atom stereocenters. The maximum Gasteiger partial charge on any atom is 0.191 e. The molecule has 0 aliphatic carbocycles. The van der Waals surface area contributed by atoms with Gasteiger partial charge in [0.2, 0.25) is 0 Å². The molecule has 29 heavy (non-hydrogen) atoms. The lowest BCUT2D eigenvalue weighted by Crippen LogP contribution is -2.40. The third-order valence-corrected chi connectivity index (χ3v) is 5.83. The number of ether oxygens (including phenoxy) is 1. The van der Waals surface area contributed by atoms with Gasteiger partial charge in [-0.05, 0) is 30.9 Å². The standard InChI is InChI=1S/C20H28N6O2S/c1-14-24-25-19(26(14)2)13-23-20(21-9-6-10-28-3)22-12-16(27)18-11-15-7-4-5-8-17(15)29-18/h4-5,7-8,11,16,27H,6,9-10,12-13H2,1-3H3,(H2,21,22,23). The Balaban J connectivity index is 1.63. The highest BCUT2D eigenvalue weighted by Crippen LogP contribution is 2.29. The van der Waals surface area contributed by atoms with Crippen LogP contribution >= 0.6 is 11.3 Å². The van der Waals surface area contributed by atoms with Gasteiger partial charge in [0.05, 0.1) is 0 Å². The molecule has 0 radical (unpaired) electrons. The van der Waals surface area contributed by atoms with Crippen molar-refractivity contribution >= 4 is 27.4 Å². The monoisotopic (exact) mass is 416 g/mol. The molecule has 8 nitrogen and oxygen atoms in total. The van der Waals surface area contributed by atoms with E-state index in [1.54, 1.807) is 18.4 Å². The molecule has 0 saturated carbocycles. The van der Waals surface area contributed by atoms with E-state index in [9.17, 15) is 5.11 Å². The number of aliphatic imine (C=N–C) groups is 1. The van der Waals surface area contributed by atoms with Crippen molar-refractivity contribution in [3.8, 4) is 0 Å². The third-order valence-electron chi connectivity index (χ3n) is 4.61. The summed E-state index contributed by atoms with van der Waals surface area (Å²) in [5.74, 6) is 2.26. The summed E-state index contributed by atoms with van der Waals surface area (Å²) in [6.45, 7) is 4.06. The van der Waals surface area contributed by atoms with Crippen LogP contribution in [0.4, 0.5) is 0 Å². The minimum atomic E-state index is -0.615. The van der Waals surface area contributed by atoms with Gasteiger partial charge in [0, 0.05) is 43.4 Å². The fraction of sp³-hybridized carbons (Fsp3) is 0.450. The predicted octanol–water partition coefficient (Wildman–Crippen LogP) is 2.14. The molecule has 0 saturated heterocycles. The Labute approximate surface area is 174 Å². The van der Waals surface area contributed by atoms with E-state index in [1.807, 2.05) is 36.7 Å². The fourth-order valence-electron chi connectivity index (χ4n) is 2.80. The summed E-state index contributed by atoms with van der Waals surface area (Å²) in [6, 6.07) is 10.2. The van der Waals surface area contributed by atoms with Crippen molar-refractivity contribution in [3.05, 3.63) is 46.9 Å². The van der Waals surface area contributed by atoms with Crippen molar-refractivity contribution in [1.29, 1.82) is 0 Å². The van der Waals surface area contributed by atoms with E-state index >= 15 is 0 Å². The smallest absolute Gasteiger partial charge is 0.191 e. The highest BCUT2D eigenvalue weighted by Gasteiger charge is 2.12. The number of aliphatic hydroxyl groups is 1. The number of guanidine groups is 1. The van der Waals surface area contributed by atoms with Crippen LogP contribution in [0.5, 0.6) is 0 Å². The summed E-state index contributed by atoms with van der Waals surface area (Å²) in [7, 11) is 3.61. The molecule has 3 aromatic rings. The summed E-state index contributed by atoms with van der Waals surface area (Å²) in [4.78, 5) is 5.53. The topological polar surface area (TPSA) is 96.6 Å². The van der Waals surface area contributed by atoms with E-state index < -0.39 is 6.10 Å². The largest absolute Gasteiger partial charge is 0.386 e. The number of thiophene rings is 1. The van der Waals surface area contributed by atoms with Gasteiger partial charge in [0.15, 0.2) is 11.8 Å². The van der Waals surface area contributed by atoms with E-state index in [4.69, 9.17) is 4.74 Å². The molecule has 2 heterocycles. The molecular weight excluding hydrogens is 388 g/mol. The Morgan fingerprint density at radius 1 is 1.31 bits per heavy atom. The number of hydrogen-bond acceptors (Lipinski definition) is 6. The number of aromatic nitrogens is 3. The molecule has 0 bridgehead atoms. The Morgan fingerprint density at radius 3 is 2.86 bits per heavy atom. The molecule has 0 aliphatic rings. The molecule has 0 spiro atoms. The van der Waals surface area contributed by atoms with Gasteiger partial charge < -0.3 is 25.0 Å². The van der Waals surface area contributed by atoms with Crippen LogP contribution in [0.2, 0.25) is 0 Å². The Bertz CT molecular complexity index is 919. The predicted molar refractivity (Wildman–Crippen MR) is 116 cm³/mol. The molecule has 0 amide bonds. The van der Waals surface area contributed by atoms with Crippen molar-refractivity contribution in [2.45, 2.75) is 26.0 Å². The van der Waals surface area contributed by atoms with E-state index in [2.05, 4.69) is 38.0 Å². The second kappa shape index (κ2) is 10.3. The normalized spacial score (nSPS) is 13.0. The Morgan fingerprint density at radius 2 is 2.14 bits per heavy atom. The second-order valence-electron chi connectivity index (χ2n) is 6.74. The van der Waals surface area contributed by atoms with Crippen LogP contribution in [0, 0.1) is 6.92 Å². The number of aryl methyl sites for hydroxylation is 1. The zero-order chi connectivity index (χ0) is 20.6. The lowest BCUT2D eigenvalue weighted by molar-refractivity contribution is 0.184. The molecule has 3 N–H and O–H groups in total. The van der Waals surface area contributed by atoms with Gasteiger partial charge in [-0.15, -0.1) is 21.5 Å². The molecule has 9 heteroatoms. The first kappa shape index (κ1) is 21.2. The van der Waals surface area contributed by atoms with Crippen LogP contribution in [0.1, 0.15) is 29.1 Å². The van der Waals surface area contributed by atoms with Crippen LogP contribution in [-0.4, -0.2) is 52.6 Å². The van der Waals surface area contributed by atoms with E-state index in [-0.39, 0.29) is 0 Å². The van der Waals surface area contributed by atoms with Gasteiger partial charge in [0.25, 0.3) is 0 Å². The Hall–Kier alpha value is -2.49. The van der Waals surface area contributed by atoms with Crippen LogP contribution in [0.25, 0.3) is 10.1 Å². The lowest BCUT2D eigenvalue weighted by Gasteiger charge is -2.15. The molecule has 156 valence electrons. The van der Waals surface area contributed by atoms with E-state index in [0.29, 0.717) is 25.7 Å². The highest BCUT2D eigenvalue weighted by atomic mass is 32.1. The average Bonchev–Trinajstić information content (AvgIpc) is 3.30. The van der Waals surface area contributed by atoms with Gasteiger partial charge >= 0.3 is 0 Å². The number of aliphatic hydroxyl groups excluding tert-OH is 1. The first-order valence-electron chi connectivity index (χ1n) is 9.61. The summed E-state index contributed by atoms with van der Waals surface area (Å²) in [5, 5.41) is 26.5.